The number of hydrogen-bond donors (Lipinski definition) is 1. The zero-order valence-corrected chi connectivity index (χ0v) is 18.8. The second-order valence-electron chi connectivity index (χ2n) is 9.37. The Morgan fingerprint density at radius 2 is 1.58 bits per heavy atom. The maximum Gasteiger partial charge on any atom is 0.359 e. The molecule has 5 rings (SSSR count). The van der Waals surface area contributed by atoms with Crippen molar-refractivity contribution in [1.82, 2.24) is 4.48 Å². The fourth-order valence-electron chi connectivity index (χ4n) is 5.33. The Balaban J connectivity index is 1.41. The van der Waals surface area contributed by atoms with E-state index in [1.165, 1.54) is 0 Å². The van der Waals surface area contributed by atoms with Crippen LogP contribution >= 0.6 is 0 Å². The number of ketones is 1. The van der Waals surface area contributed by atoms with Gasteiger partial charge in [-0.25, -0.2) is 9.59 Å². The Labute approximate surface area is 193 Å². The van der Waals surface area contributed by atoms with E-state index < -0.39 is 4.48 Å². The summed E-state index contributed by atoms with van der Waals surface area (Å²) in [4.78, 5) is 39.7. The van der Waals surface area contributed by atoms with Gasteiger partial charge in [0, 0.05) is 30.0 Å². The molecule has 2 N–H and O–H groups in total. The summed E-state index contributed by atoms with van der Waals surface area (Å²) < 4.78 is -0.426. The summed E-state index contributed by atoms with van der Waals surface area (Å²) in [5.74, 6) is -0.756. The molecule has 3 unspecified atom stereocenters. The van der Waals surface area contributed by atoms with E-state index in [0.717, 1.165) is 16.7 Å². The van der Waals surface area contributed by atoms with E-state index >= 15 is 0 Å². The lowest BCUT2D eigenvalue weighted by Gasteiger charge is -2.23. The highest BCUT2D eigenvalue weighted by Crippen LogP contribution is 2.41. The average Bonchev–Trinajstić information content (AvgIpc) is 3.27. The SMILES string of the molecule is CC(Cc1ccccc1)C(=O)C1Cc2cc([N+]3(C)C(=O)c4ccccc4C3=O)ccc2C1N. The zero-order valence-electron chi connectivity index (χ0n) is 18.8. The molecule has 0 fully saturated rings. The van der Waals surface area contributed by atoms with E-state index in [2.05, 4.69) is 0 Å². The van der Waals surface area contributed by atoms with Crippen molar-refractivity contribution in [3.63, 3.8) is 0 Å². The Hall–Kier alpha value is -3.41. The molecule has 33 heavy (non-hydrogen) atoms. The van der Waals surface area contributed by atoms with E-state index in [9.17, 15) is 14.4 Å². The highest BCUT2D eigenvalue weighted by Gasteiger charge is 2.52. The zero-order chi connectivity index (χ0) is 23.3. The lowest BCUT2D eigenvalue weighted by Crippen LogP contribution is -2.50. The van der Waals surface area contributed by atoms with Crippen molar-refractivity contribution >= 4 is 23.3 Å². The first-order valence-corrected chi connectivity index (χ1v) is 11.3. The lowest BCUT2D eigenvalue weighted by atomic mass is 9.86. The van der Waals surface area contributed by atoms with Gasteiger partial charge in [-0.3, -0.25) is 4.79 Å². The van der Waals surface area contributed by atoms with Crippen LogP contribution in [0.4, 0.5) is 5.69 Å². The van der Waals surface area contributed by atoms with E-state index in [0.29, 0.717) is 29.7 Å². The maximum absolute atomic E-state index is 13.3. The summed E-state index contributed by atoms with van der Waals surface area (Å²) in [6.07, 6.45) is 1.21. The minimum atomic E-state index is -0.426. The van der Waals surface area contributed by atoms with E-state index in [1.54, 1.807) is 37.4 Å². The lowest BCUT2D eigenvalue weighted by molar-refractivity contribution is -0.126. The number of hydrogen-bond acceptors (Lipinski definition) is 4. The fraction of sp³-hybridized carbons (Fsp3) is 0.250. The number of carbonyl (C=O) groups excluding carboxylic acids is 3. The number of imide groups is 1. The first-order chi connectivity index (χ1) is 15.8. The molecule has 3 aromatic carbocycles. The molecule has 0 spiro atoms. The molecule has 2 amide bonds. The number of nitrogens with two attached hydrogens (primary N) is 1. The minimum Gasteiger partial charge on any atom is -0.323 e. The third kappa shape index (κ3) is 3.27. The molecule has 1 aliphatic carbocycles. The van der Waals surface area contributed by atoms with Gasteiger partial charge in [0.2, 0.25) is 0 Å². The van der Waals surface area contributed by atoms with Gasteiger partial charge in [0.05, 0.1) is 18.2 Å². The second kappa shape index (κ2) is 7.87. The number of nitrogens with zero attached hydrogens (tertiary/aromatic N) is 1. The summed E-state index contributed by atoms with van der Waals surface area (Å²) in [5, 5.41) is 0. The summed E-state index contributed by atoms with van der Waals surface area (Å²) in [6, 6.07) is 22.1. The number of carbonyl (C=O) groups is 3. The third-order valence-electron chi connectivity index (χ3n) is 7.31. The Morgan fingerprint density at radius 1 is 0.970 bits per heavy atom. The maximum atomic E-state index is 13.3. The van der Waals surface area contributed by atoms with Gasteiger partial charge in [-0.05, 0) is 41.7 Å². The van der Waals surface area contributed by atoms with E-state index in [-0.39, 0.29) is 35.5 Å². The summed E-state index contributed by atoms with van der Waals surface area (Å²) in [6.45, 7) is 1.96. The molecule has 0 radical (unpaired) electrons. The normalized spacial score (nSPS) is 21.5. The van der Waals surface area contributed by atoms with Crippen molar-refractivity contribution in [3.8, 4) is 0 Å². The predicted octanol–water partition coefficient (Wildman–Crippen LogP) is 4.24. The summed E-state index contributed by atoms with van der Waals surface area (Å²) in [5.41, 5.74) is 11.0. The quantitative estimate of drug-likeness (QED) is 0.477. The Kier molecular flexibility index (Phi) is 5.11. The van der Waals surface area contributed by atoms with Crippen molar-refractivity contribution < 1.29 is 14.4 Å². The van der Waals surface area contributed by atoms with E-state index in [1.807, 2.05) is 49.4 Å². The molecule has 3 aromatic rings. The monoisotopic (exact) mass is 439 g/mol. The van der Waals surface area contributed by atoms with Crippen LogP contribution in [0.2, 0.25) is 0 Å². The summed E-state index contributed by atoms with van der Waals surface area (Å²) >= 11 is 0. The van der Waals surface area contributed by atoms with Gasteiger partial charge < -0.3 is 5.73 Å². The van der Waals surface area contributed by atoms with Gasteiger partial charge in [-0.1, -0.05) is 55.5 Å². The van der Waals surface area contributed by atoms with Gasteiger partial charge in [0.1, 0.15) is 11.5 Å². The standard InChI is InChI=1S/C28H27N2O3/c1-17(14-18-8-4-3-5-9-18)26(31)24-16-19-15-20(12-13-21(19)25(24)29)30(2)27(32)22-10-6-7-11-23(22)28(30)33/h3-13,15,17,24-25H,14,16,29H2,1-2H3/q+1. The van der Waals surface area contributed by atoms with Crippen LogP contribution in [-0.4, -0.2) is 24.6 Å². The summed E-state index contributed by atoms with van der Waals surface area (Å²) in [7, 11) is 1.64. The van der Waals surface area contributed by atoms with Crippen molar-refractivity contribution in [2.24, 2.45) is 17.6 Å². The molecule has 0 saturated carbocycles. The van der Waals surface area contributed by atoms with Crippen LogP contribution in [0.15, 0.2) is 72.8 Å². The van der Waals surface area contributed by atoms with Crippen molar-refractivity contribution in [3.05, 3.63) is 101 Å². The largest absolute Gasteiger partial charge is 0.359 e. The molecule has 1 heterocycles. The first-order valence-electron chi connectivity index (χ1n) is 11.3. The highest BCUT2D eigenvalue weighted by molar-refractivity contribution is 6.29. The number of Topliss-reactive ketones (excluding diaryl/α,β-unsaturated/α-hetero) is 1. The van der Waals surface area contributed by atoms with Crippen LogP contribution < -0.4 is 10.2 Å². The van der Waals surface area contributed by atoms with Crippen molar-refractivity contribution in [2.75, 3.05) is 7.05 Å². The molecule has 2 aliphatic rings. The molecule has 1 aliphatic heterocycles. The molecular formula is C28H27N2O3+. The van der Waals surface area contributed by atoms with Crippen LogP contribution in [-0.2, 0) is 17.6 Å². The van der Waals surface area contributed by atoms with Crippen LogP contribution in [0.3, 0.4) is 0 Å². The topological polar surface area (TPSA) is 77.2 Å². The van der Waals surface area contributed by atoms with Crippen LogP contribution in [0.5, 0.6) is 0 Å². The number of rotatable bonds is 5. The fourth-order valence-corrected chi connectivity index (χ4v) is 5.33. The first kappa shape index (κ1) is 21.4. The smallest absolute Gasteiger partial charge is 0.323 e. The average molecular weight is 440 g/mol. The number of benzene rings is 3. The Morgan fingerprint density at radius 3 is 2.21 bits per heavy atom. The number of amides is 2. The molecular weight excluding hydrogens is 412 g/mol. The second-order valence-corrected chi connectivity index (χ2v) is 9.37. The molecule has 0 aromatic heterocycles. The molecule has 3 atom stereocenters. The van der Waals surface area contributed by atoms with Gasteiger partial charge in [-0.15, -0.1) is 0 Å². The molecule has 0 bridgehead atoms. The highest BCUT2D eigenvalue weighted by atomic mass is 16.2. The molecule has 5 heteroatoms. The molecule has 0 saturated heterocycles. The van der Waals surface area contributed by atoms with Crippen LogP contribution in [0.1, 0.15) is 50.4 Å². The van der Waals surface area contributed by atoms with Gasteiger partial charge in [0.15, 0.2) is 0 Å². The van der Waals surface area contributed by atoms with Gasteiger partial charge in [0.25, 0.3) is 0 Å². The molecule has 5 nitrogen and oxygen atoms in total. The van der Waals surface area contributed by atoms with Gasteiger partial charge >= 0.3 is 11.8 Å². The predicted molar refractivity (Wildman–Crippen MR) is 128 cm³/mol. The van der Waals surface area contributed by atoms with Crippen LogP contribution in [0.25, 0.3) is 0 Å². The molecule has 166 valence electrons. The number of fused-ring (bicyclic) bond motifs is 2. The van der Waals surface area contributed by atoms with Crippen molar-refractivity contribution in [2.45, 2.75) is 25.8 Å². The van der Waals surface area contributed by atoms with Crippen molar-refractivity contribution in [1.29, 1.82) is 0 Å². The minimum absolute atomic E-state index is 0.141. The van der Waals surface area contributed by atoms with Crippen LogP contribution in [0, 0.1) is 11.8 Å². The number of quaternary nitrogens is 1. The third-order valence-corrected chi connectivity index (χ3v) is 7.31. The Bertz CT molecular complexity index is 1250. The van der Waals surface area contributed by atoms with E-state index in [4.69, 9.17) is 5.73 Å². The van der Waals surface area contributed by atoms with Gasteiger partial charge in [-0.2, -0.15) is 4.48 Å².